The molecule has 1 N–H and O–H groups in total. The minimum atomic E-state index is -0.733. The van der Waals surface area contributed by atoms with Crippen molar-refractivity contribution in [3.8, 4) is 6.07 Å². The highest BCUT2D eigenvalue weighted by Crippen LogP contribution is 2.39. The second-order valence-electron chi connectivity index (χ2n) is 6.41. The number of nitrogens with zero attached hydrogens (tertiary/aromatic N) is 2. The molecule has 0 saturated carbocycles. The number of ether oxygens (including phenoxy) is 1. The number of thioether (sulfide) groups is 1. The van der Waals surface area contributed by atoms with Gasteiger partial charge in [-0.05, 0) is 43.5 Å². The van der Waals surface area contributed by atoms with Crippen LogP contribution in [-0.4, -0.2) is 40.2 Å². The lowest BCUT2D eigenvalue weighted by molar-refractivity contribution is -0.137. The van der Waals surface area contributed by atoms with Gasteiger partial charge >= 0.3 is 5.97 Å². The van der Waals surface area contributed by atoms with Crippen LogP contribution in [0.25, 0.3) is 10.9 Å². The first-order chi connectivity index (χ1) is 14.0. The summed E-state index contributed by atoms with van der Waals surface area (Å²) in [5.74, 6) is -0.818. The highest BCUT2D eigenvalue weighted by atomic mass is 79.9. The summed E-state index contributed by atoms with van der Waals surface area (Å²) in [6.45, 7) is 5.72. The molecule has 1 amide bonds. The van der Waals surface area contributed by atoms with Crippen LogP contribution in [0.1, 0.15) is 18.9 Å². The predicted octanol–water partition coefficient (Wildman–Crippen LogP) is 4.29. The van der Waals surface area contributed by atoms with Crippen molar-refractivity contribution in [3.63, 3.8) is 0 Å². The number of esters is 1. The number of aromatic nitrogens is 1. The quantitative estimate of drug-likeness (QED) is 0.280. The van der Waals surface area contributed by atoms with Crippen molar-refractivity contribution in [2.75, 3.05) is 13.2 Å². The number of carbonyl (C=O) groups is 2. The largest absolute Gasteiger partial charge is 0.457 e. The standard InChI is InChI=1S/C21H20BrN3O3S/c1-3-9-28-21(27)16(11-23)20-25(4-2)19(26)18(29-20)8-5-13-12-24-17-7-6-14(22)10-15(13)17/h3,6-7,10,12,18,24H,1,4-5,8-9H2,2H3/b20-16-. The van der Waals surface area contributed by atoms with E-state index in [-0.39, 0.29) is 23.3 Å². The predicted molar refractivity (Wildman–Crippen MR) is 117 cm³/mol. The monoisotopic (exact) mass is 473 g/mol. The molecule has 1 unspecified atom stereocenters. The van der Waals surface area contributed by atoms with Gasteiger partial charge in [0.15, 0.2) is 5.57 Å². The highest BCUT2D eigenvalue weighted by molar-refractivity contribution is 9.10. The van der Waals surface area contributed by atoms with Crippen LogP contribution in [0.3, 0.4) is 0 Å². The Morgan fingerprint density at radius 2 is 2.31 bits per heavy atom. The Labute approximate surface area is 181 Å². The van der Waals surface area contributed by atoms with Gasteiger partial charge in [0.05, 0.1) is 5.25 Å². The molecule has 29 heavy (non-hydrogen) atoms. The number of nitrogens with one attached hydrogen (secondary N) is 1. The summed E-state index contributed by atoms with van der Waals surface area (Å²) in [5.41, 5.74) is 2.03. The van der Waals surface area contributed by atoms with Crippen LogP contribution in [-0.2, 0) is 20.7 Å². The third-order valence-electron chi connectivity index (χ3n) is 4.62. The average Bonchev–Trinajstić information content (AvgIpc) is 3.25. The van der Waals surface area contributed by atoms with E-state index in [1.54, 1.807) is 0 Å². The molecule has 1 aliphatic heterocycles. The van der Waals surface area contributed by atoms with Crippen molar-refractivity contribution < 1.29 is 14.3 Å². The average molecular weight is 474 g/mol. The van der Waals surface area contributed by atoms with Gasteiger partial charge in [-0.2, -0.15) is 5.26 Å². The number of amides is 1. The van der Waals surface area contributed by atoms with E-state index >= 15 is 0 Å². The number of hydrogen-bond donors (Lipinski definition) is 1. The lowest BCUT2D eigenvalue weighted by Gasteiger charge is -2.15. The molecule has 1 saturated heterocycles. The zero-order valence-electron chi connectivity index (χ0n) is 15.9. The molecule has 6 nitrogen and oxygen atoms in total. The number of benzene rings is 1. The van der Waals surface area contributed by atoms with Crippen molar-refractivity contribution >= 4 is 50.5 Å². The van der Waals surface area contributed by atoms with Gasteiger partial charge in [-0.25, -0.2) is 4.79 Å². The summed E-state index contributed by atoms with van der Waals surface area (Å²) >= 11 is 4.76. The second kappa shape index (κ2) is 9.33. The van der Waals surface area contributed by atoms with Gasteiger partial charge in [0.25, 0.3) is 0 Å². The molecule has 8 heteroatoms. The Morgan fingerprint density at radius 1 is 1.52 bits per heavy atom. The van der Waals surface area contributed by atoms with Gasteiger partial charge < -0.3 is 14.6 Å². The van der Waals surface area contributed by atoms with E-state index in [0.29, 0.717) is 24.4 Å². The summed E-state index contributed by atoms with van der Waals surface area (Å²) < 4.78 is 6.00. The van der Waals surface area contributed by atoms with Crippen molar-refractivity contribution in [3.05, 3.63) is 57.7 Å². The Kier molecular flexibility index (Phi) is 6.83. The van der Waals surface area contributed by atoms with E-state index in [2.05, 4.69) is 33.6 Å². The molecule has 2 aromatic rings. The van der Waals surface area contributed by atoms with Crippen molar-refractivity contribution in [2.45, 2.75) is 25.0 Å². The fourth-order valence-corrected chi connectivity index (χ4v) is 4.92. The van der Waals surface area contributed by atoms with E-state index in [1.807, 2.05) is 31.3 Å². The smallest absolute Gasteiger partial charge is 0.351 e. The van der Waals surface area contributed by atoms with E-state index in [0.717, 1.165) is 20.9 Å². The molecule has 0 aliphatic carbocycles. The summed E-state index contributed by atoms with van der Waals surface area (Å²) in [5, 5.41) is 10.6. The number of fused-ring (bicyclic) bond motifs is 1. The fourth-order valence-electron chi connectivity index (χ4n) is 3.23. The van der Waals surface area contributed by atoms with Crippen LogP contribution < -0.4 is 0 Å². The molecule has 1 aromatic heterocycles. The van der Waals surface area contributed by atoms with Gasteiger partial charge in [0, 0.05) is 28.1 Å². The molecule has 1 atom stereocenters. The van der Waals surface area contributed by atoms with Crippen LogP contribution in [0.4, 0.5) is 0 Å². The topological polar surface area (TPSA) is 86.2 Å². The highest BCUT2D eigenvalue weighted by Gasteiger charge is 2.39. The van der Waals surface area contributed by atoms with Gasteiger partial charge in [0.2, 0.25) is 5.91 Å². The summed E-state index contributed by atoms with van der Waals surface area (Å²) in [6.07, 6.45) is 4.70. The van der Waals surface area contributed by atoms with Gasteiger partial charge in [-0.3, -0.25) is 4.79 Å². The van der Waals surface area contributed by atoms with E-state index < -0.39 is 5.97 Å². The maximum atomic E-state index is 12.9. The molecule has 1 aliphatic rings. The molecule has 0 bridgehead atoms. The first kappa shape index (κ1) is 21.2. The number of nitriles is 1. The van der Waals surface area contributed by atoms with E-state index in [4.69, 9.17) is 4.74 Å². The first-order valence-corrected chi connectivity index (χ1v) is 10.8. The van der Waals surface area contributed by atoms with Crippen LogP contribution in [0.2, 0.25) is 0 Å². The van der Waals surface area contributed by atoms with Crippen LogP contribution in [0.15, 0.2) is 52.1 Å². The van der Waals surface area contributed by atoms with Crippen molar-refractivity contribution in [1.82, 2.24) is 9.88 Å². The summed E-state index contributed by atoms with van der Waals surface area (Å²) in [7, 11) is 0. The SMILES string of the molecule is C=CCOC(=O)/C(C#N)=C1\SC(CCc2c[nH]c3ccc(Br)cc23)C(=O)N1CC. The van der Waals surface area contributed by atoms with E-state index in [1.165, 1.54) is 22.7 Å². The van der Waals surface area contributed by atoms with Crippen LogP contribution in [0, 0.1) is 11.3 Å². The fraction of sp³-hybridized carbons (Fsp3) is 0.286. The third kappa shape index (κ3) is 4.41. The molecule has 0 spiro atoms. The molecule has 2 heterocycles. The zero-order valence-corrected chi connectivity index (χ0v) is 18.3. The number of aryl methyl sites for hydroxylation is 1. The molecule has 3 rings (SSSR count). The van der Waals surface area contributed by atoms with Crippen molar-refractivity contribution in [1.29, 1.82) is 5.26 Å². The maximum absolute atomic E-state index is 12.9. The molecular formula is C21H20BrN3O3S. The zero-order chi connectivity index (χ0) is 21.0. The van der Waals surface area contributed by atoms with Gasteiger partial charge in [0.1, 0.15) is 17.7 Å². The molecular weight excluding hydrogens is 454 g/mol. The Morgan fingerprint density at radius 3 is 3.00 bits per heavy atom. The second-order valence-corrected chi connectivity index (χ2v) is 8.52. The molecule has 1 fully saturated rings. The van der Waals surface area contributed by atoms with Crippen LogP contribution >= 0.6 is 27.7 Å². The first-order valence-electron chi connectivity index (χ1n) is 9.16. The number of H-pyrrole nitrogens is 1. The van der Waals surface area contributed by atoms with Crippen LogP contribution in [0.5, 0.6) is 0 Å². The lowest BCUT2D eigenvalue weighted by atomic mass is 10.1. The minimum absolute atomic E-state index is 0.0155. The number of rotatable bonds is 7. The number of halogens is 1. The summed E-state index contributed by atoms with van der Waals surface area (Å²) in [6, 6.07) is 7.94. The molecule has 0 radical (unpaired) electrons. The minimum Gasteiger partial charge on any atom is -0.457 e. The van der Waals surface area contributed by atoms with Gasteiger partial charge in [-0.15, -0.1) is 0 Å². The Hall–Kier alpha value is -2.50. The molecule has 1 aromatic carbocycles. The number of aromatic amines is 1. The summed E-state index contributed by atoms with van der Waals surface area (Å²) in [4.78, 5) is 29.8. The number of hydrogen-bond acceptors (Lipinski definition) is 5. The Balaban J connectivity index is 1.80. The normalized spacial score (nSPS) is 18.0. The molecule has 150 valence electrons. The number of carbonyl (C=O) groups excluding carboxylic acids is 2. The lowest BCUT2D eigenvalue weighted by Crippen LogP contribution is -2.29. The van der Waals surface area contributed by atoms with E-state index in [9.17, 15) is 14.9 Å². The van der Waals surface area contributed by atoms with Gasteiger partial charge in [-0.1, -0.05) is 40.3 Å². The van der Waals surface area contributed by atoms with Crippen molar-refractivity contribution in [2.24, 2.45) is 0 Å². The maximum Gasteiger partial charge on any atom is 0.351 e. The third-order valence-corrected chi connectivity index (χ3v) is 6.49. The Bertz CT molecular complexity index is 1040.